The second kappa shape index (κ2) is 7.95. The van der Waals surface area contributed by atoms with Gasteiger partial charge in [-0.15, -0.1) is 11.3 Å². The molecule has 2 rings (SSSR count). The molecule has 3 nitrogen and oxygen atoms in total. The van der Waals surface area contributed by atoms with Crippen LogP contribution < -0.4 is 10.6 Å². The van der Waals surface area contributed by atoms with Crippen LogP contribution in [0.25, 0.3) is 0 Å². The molecule has 2 N–H and O–H groups in total. The van der Waals surface area contributed by atoms with Gasteiger partial charge in [-0.2, -0.15) is 0 Å². The fourth-order valence-corrected chi connectivity index (χ4v) is 3.84. The van der Waals surface area contributed by atoms with Crippen molar-refractivity contribution in [2.75, 3.05) is 6.54 Å². The Hall–Kier alpha value is -0.870. The van der Waals surface area contributed by atoms with E-state index < -0.39 is 0 Å². The van der Waals surface area contributed by atoms with Crippen LogP contribution in [0.3, 0.4) is 0 Å². The Morgan fingerprint density at radius 1 is 1.43 bits per heavy atom. The lowest BCUT2D eigenvalue weighted by Gasteiger charge is -2.36. The maximum Gasteiger partial charge on any atom is 0.236 e. The number of amides is 1. The minimum atomic E-state index is -0.105. The van der Waals surface area contributed by atoms with Crippen LogP contribution in [-0.4, -0.2) is 24.5 Å². The summed E-state index contributed by atoms with van der Waals surface area (Å²) in [4.78, 5) is 13.5. The monoisotopic (exact) mass is 308 g/mol. The summed E-state index contributed by atoms with van der Waals surface area (Å²) < 4.78 is 0. The summed E-state index contributed by atoms with van der Waals surface area (Å²) in [5.74, 6) is 1.53. The predicted octanol–water partition coefficient (Wildman–Crippen LogP) is 3.21. The highest BCUT2D eigenvalue weighted by Crippen LogP contribution is 2.29. The summed E-state index contributed by atoms with van der Waals surface area (Å²) in [5, 5.41) is 8.65. The molecule has 4 heteroatoms. The molecule has 0 bridgehead atoms. The van der Waals surface area contributed by atoms with Crippen LogP contribution in [0.4, 0.5) is 0 Å². The van der Waals surface area contributed by atoms with Crippen molar-refractivity contribution >= 4 is 17.2 Å². The Labute approximate surface area is 132 Å². The van der Waals surface area contributed by atoms with Gasteiger partial charge in [-0.05, 0) is 43.0 Å². The quantitative estimate of drug-likeness (QED) is 0.847. The van der Waals surface area contributed by atoms with Gasteiger partial charge in [0.25, 0.3) is 0 Å². The van der Waals surface area contributed by atoms with E-state index >= 15 is 0 Å². The third-order valence-corrected chi connectivity index (χ3v) is 5.75. The van der Waals surface area contributed by atoms with E-state index in [0.29, 0.717) is 12.0 Å². The Kier molecular flexibility index (Phi) is 6.24. The van der Waals surface area contributed by atoms with E-state index in [2.05, 4.69) is 42.0 Å². The first kappa shape index (κ1) is 16.5. The Morgan fingerprint density at radius 2 is 2.24 bits per heavy atom. The molecular weight excluding hydrogens is 280 g/mol. The lowest BCUT2D eigenvalue weighted by atomic mass is 9.78. The second-order valence-electron chi connectivity index (χ2n) is 6.38. The topological polar surface area (TPSA) is 41.1 Å². The zero-order valence-electron chi connectivity index (χ0n) is 13.4. The number of carbonyl (C=O) groups excluding carboxylic acids is 1. The molecule has 0 aliphatic heterocycles. The van der Waals surface area contributed by atoms with Crippen LogP contribution in [0.2, 0.25) is 0 Å². The van der Waals surface area contributed by atoms with Crippen molar-refractivity contribution in [3.63, 3.8) is 0 Å². The zero-order valence-corrected chi connectivity index (χ0v) is 14.2. The smallest absolute Gasteiger partial charge is 0.236 e. The molecule has 118 valence electrons. The third-order valence-electron chi connectivity index (χ3n) is 4.81. The van der Waals surface area contributed by atoms with Crippen molar-refractivity contribution in [2.45, 2.75) is 58.5 Å². The Balaban J connectivity index is 1.71. The first-order valence-corrected chi connectivity index (χ1v) is 9.02. The van der Waals surface area contributed by atoms with E-state index in [9.17, 15) is 4.79 Å². The van der Waals surface area contributed by atoms with Gasteiger partial charge in [0.15, 0.2) is 0 Å². The van der Waals surface area contributed by atoms with E-state index in [1.54, 1.807) is 11.3 Å². The van der Waals surface area contributed by atoms with Crippen molar-refractivity contribution in [3.05, 3.63) is 22.4 Å². The number of nitrogens with one attached hydrogen (secondary N) is 2. The van der Waals surface area contributed by atoms with Crippen LogP contribution in [0.5, 0.6) is 0 Å². The highest BCUT2D eigenvalue weighted by atomic mass is 32.1. The van der Waals surface area contributed by atoms with Gasteiger partial charge in [-0.1, -0.05) is 32.8 Å². The molecule has 1 fully saturated rings. The highest BCUT2D eigenvalue weighted by molar-refractivity contribution is 7.09. The molecule has 1 aliphatic carbocycles. The van der Waals surface area contributed by atoms with Crippen LogP contribution in [-0.2, 0) is 11.2 Å². The van der Waals surface area contributed by atoms with Gasteiger partial charge in [0.1, 0.15) is 0 Å². The Bertz CT molecular complexity index is 432. The van der Waals surface area contributed by atoms with Crippen LogP contribution in [0.1, 0.15) is 44.9 Å². The molecule has 1 heterocycles. The Morgan fingerprint density at radius 3 is 2.95 bits per heavy atom. The van der Waals surface area contributed by atoms with Gasteiger partial charge in [-0.25, -0.2) is 0 Å². The van der Waals surface area contributed by atoms with Gasteiger partial charge in [0, 0.05) is 17.5 Å². The van der Waals surface area contributed by atoms with Crippen molar-refractivity contribution in [1.29, 1.82) is 0 Å². The summed E-state index contributed by atoms with van der Waals surface area (Å²) in [7, 11) is 0. The summed E-state index contributed by atoms with van der Waals surface area (Å²) in [6.07, 6.45) is 4.71. The van der Waals surface area contributed by atoms with Crippen LogP contribution >= 0.6 is 11.3 Å². The molecule has 1 aliphatic rings. The molecule has 0 aromatic carbocycles. The summed E-state index contributed by atoms with van der Waals surface area (Å²) in [6.45, 7) is 7.33. The van der Waals surface area contributed by atoms with Crippen molar-refractivity contribution in [3.8, 4) is 0 Å². The molecule has 0 spiro atoms. The van der Waals surface area contributed by atoms with Crippen molar-refractivity contribution < 1.29 is 4.79 Å². The normalized spacial score (nSPS) is 27.3. The molecule has 4 atom stereocenters. The first-order chi connectivity index (χ1) is 10.1. The molecule has 4 unspecified atom stereocenters. The number of hydrogen-bond donors (Lipinski definition) is 2. The maximum atomic E-state index is 12.2. The average molecular weight is 308 g/mol. The second-order valence-corrected chi connectivity index (χ2v) is 7.41. The fourth-order valence-electron chi connectivity index (χ4n) is 3.13. The van der Waals surface area contributed by atoms with E-state index in [-0.39, 0.29) is 11.9 Å². The van der Waals surface area contributed by atoms with Crippen molar-refractivity contribution in [1.82, 2.24) is 10.6 Å². The minimum Gasteiger partial charge on any atom is -0.354 e. The van der Waals surface area contributed by atoms with Gasteiger partial charge in [0.05, 0.1) is 6.04 Å². The fraction of sp³-hybridized carbons (Fsp3) is 0.706. The van der Waals surface area contributed by atoms with E-state index in [4.69, 9.17) is 0 Å². The lowest BCUT2D eigenvalue weighted by molar-refractivity contribution is -0.123. The molecular formula is C17H28N2OS. The van der Waals surface area contributed by atoms with Gasteiger partial charge < -0.3 is 10.6 Å². The number of rotatable bonds is 6. The molecule has 1 amide bonds. The predicted molar refractivity (Wildman–Crippen MR) is 89.6 cm³/mol. The van der Waals surface area contributed by atoms with Crippen molar-refractivity contribution in [2.24, 2.45) is 11.8 Å². The maximum absolute atomic E-state index is 12.2. The molecule has 21 heavy (non-hydrogen) atoms. The molecule has 0 saturated heterocycles. The largest absolute Gasteiger partial charge is 0.354 e. The van der Waals surface area contributed by atoms with Crippen LogP contribution in [0, 0.1) is 11.8 Å². The van der Waals surface area contributed by atoms with Crippen LogP contribution in [0.15, 0.2) is 17.5 Å². The minimum absolute atomic E-state index is 0.105. The van der Waals surface area contributed by atoms with E-state index in [1.807, 2.05) is 6.92 Å². The van der Waals surface area contributed by atoms with E-state index in [1.165, 1.54) is 24.1 Å². The van der Waals surface area contributed by atoms with Gasteiger partial charge in [0.2, 0.25) is 5.91 Å². The highest BCUT2D eigenvalue weighted by Gasteiger charge is 2.29. The summed E-state index contributed by atoms with van der Waals surface area (Å²) >= 11 is 1.75. The standard InChI is InChI=1S/C17H28N2OS/c1-12-6-4-8-16(13(12)2)19-14(3)17(20)18-10-9-15-7-5-11-21-15/h5,7,11-14,16,19H,4,6,8-10H2,1-3H3,(H,18,20). The first-order valence-electron chi connectivity index (χ1n) is 8.14. The number of thiophene rings is 1. The number of carbonyl (C=O) groups is 1. The van der Waals surface area contributed by atoms with E-state index in [0.717, 1.165) is 18.9 Å². The molecule has 0 radical (unpaired) electrons. The molecule has 1 aromatic heterocycles. The van der Waals surface area contributed by atoms with Gasteiger partial charge in [-0.3, -0.25) is 4.79 Å². The lowest BCUT2D eigenvalue weighted by Crippen LogP contribution is -2.50. The molecule has 1 saturated carbocycles. The zero-order chi connectivity index (χ0) is 15.2. The average Bonchev–Trinajstić information content (AvgIpc) is 2.97. The summed E-state index contributed by atoms with van der Waals surface area (Å²) in [6, 6.07) is 4.54. The SMILES string of the molecule is CC(NC1CCCC(C)C1C)C(=O)NCCc1cccs1. The number of hydrogen-bond acceptors (Lipinski definition) is 3. The molecule has 1 aromatic rings. The third kappa shape index (κ3) is 4.82. The summed E-state index contributed by atoms with van der Waals surface area (Å²) in [5.41, 5.74) is 0. The van der Waals surface area contributed by atoms with Gasteiger partial charge >= 0.3 is 0 Å².